The Kier molecular flexibility index (Phi) is 5.88. The number of benzene rings is 1. The number of hydrogen-bond acceptors (Lipinski definition) is 5. The van der Waals surface area contributed by atoms with E-state index in [1.165, 1.54) is 6.20 Å². The molecular formula is C16H18N2O4. The van der Waals surface area contributed by atoms with Gasteiger partial charge in [0, 0.05) is 6.20 Å². The Balaban J connectivity index is 1.88. The second-order valence-corrected chi connectivity index (χ2v) is 4.69. The van der Waals surface area contributed by atoms with Crippen LogP contribution in [-0.2, 0) is 11.3 Å². The van der Waals surface area contributed by atoms with Crippen molar-refractivity contribution in [2.24, 2.45) is 0 Å². The van der Waals surface area contributed by atoms with Gasteiger partial charge in [0.05, 0.1) is 18.3 Å². The second-order valence-electron chi connectivity index (χ2n) is 4.69. The molecule has 2 rings (SSSR count). The molecule has 0 saturated heterocycles. The van der Waals surface area contributed by atoms with Gasteiger partial charge in [-0.3, -0.25) is 4.98 Å². The topological polar surface area (TPSA) is 91.7 Å². The molecule has 1 heterocycles. The number of alkyl carbamates (subject to hydrolysis) is 1. The summed E-state index contributed by atoms with van der Waals surface area (Å²) in [7, 11) is 0. The van der Waals surface area contributed by atoms with Crippen LogP contribution in [0.1, 0.15) is 17.4 Å². The van der Waals surface area contributed by atoms with E-state index in [4.69, 9.17) is 4.74 Å². The van der Waals surface area contributed by atoms with Gasteiger partial charge in [-0.25, -0.2) is 4.79 Å². The minimum absolute atomic E-state index is 0.116. The monoisotopic (exact) mass is 302 g/mol. The number of aliphatic hydroxyl groups is 2. The molecule has 0 spiro atoms. The van der Waals surface area contributed by atoms with Crippen LogP contribution in [0.2, 0.25) is 0 Å². The highest BCUT2D eigenvalue weighted by molar-refractivity contribution is 5.67. The Morgan fingerprint density at radius 3 is 2.55 bits per heavy atom. The first-order valence-electron chi connectivity index (χ1n) is 6.87. The minimum Gasteiger partial charge on any atom is -0.445 e. The van der Waals surface area contributed by atoms with E-state index in [0.29, 0.717) is 5.69 Å². The lowest BCUT2D eigenvalue weighted by molar-refractivity contribution is 0.0740. The summed E-state index contributed by atoms with van der Waals surface area (Å²) in [6.45, 7) is -0.317. The lowest BCUT2D eigenvalue weighted by Gasteiger charge is -2.21. The summed E-state index contributed by atoms with van der Waals surface area (Å²) in [6.07, 6.45) is -0.297. The zero-order chi connectivity index (χ0) is 15.8. The summed E-state index contributed by atoms with van der Waals surface area (Å²) in [4.78, 5) is 15.7. The normalized spacial score (nSPS) is 13.2. The number of nitrogens with zero attached hydrogens (tertiary/aromatic N) is 1. The highest BCUT2D eigenvalue weighted by Crippen LogP contribution is 2.14. The van der Waals surface area contributed by atoms with Gasteiger partial charge in [0.1, 0.15) is 12.7 Å². The Morgan fingerprint density at radius 1 is 1.18 bits per heavy atom. The highest BCUT2D eigenvalue weighted by atomic mass is 16.5. The van der Waals surface area contributed by atoms with Gasteiger partial charge < -0.3 is 20.3 Å². The molecule has 6 heteroatoms. The van der Waals surface area contributed by atoms with E-state index >= 15 is 0 Å². The first kappa shape index (κ1) is 15.9. The SMILES string of the molecule is O=C(NC(CO)C(O)c1ccccn1)OCc1ccccc1. The molecule has 0 aliphatic rings. The van der Waals surface area contributed by atoms with Crippen molar-refractivity contribution in [1.82, 2.24) is 10.3 Å². The first-order chi connectivity index (χ1) is 10.7. The molecule has 0 saturated carbocycles. The van der Waals surface area contributed by atoms with Crippen molar-refractivity contribution in [3.05, 3.63) is 66.0 Å². The van der Waals surface area contributed by atoms with E-state index in [-0.39, 0.29) is 6.61 Å². The molecule has 0 radical (unpaired) electrons. The maximum Gasteiger partial charge on any atom is 0.407 e. The van der Waals surface area contributed by atoms with Gasteiger partial charge in [0.2, 0.25) is 0 Å². The molecule has 22 heavy (non-hydrogen) atoms. The summed E-state index contributed by atoms with van der Waals surface area (Å²) < 4.78 is 5.05. The summed E-state index contributed by atoms with van der Waals surface area (Å²) in [6, 6.07) is 13.4. The molecule has 1 amide bonds. The third-order valence-corrected chi connectivity index (χ3v) is 3.08. The van der Waals surface area contributed by atoms with Crippen LogP contribution in [0.3, 0.4) is 0 Å². The Labute approximate surface area is 128 Å². The van der Waals surface area contributed by atoms with Crippen LogP contribution < -0.4 is 5.32 Å². The van der Waals surface area contributed by atoms with Gasteiger partial charge in [-0.05, 0) is 17.7 Å². The Hall–Kier alpha value is -2.44. The van der Waals surface area contributed by atoms with Crippen molar-refractivity contribution < 1.29 is 19.7 Å². The summed E-state index contributed by atoms with van der Waals surface area (Å²) >= 11 is 0. The smallest absolute Gasteiger partial charge is 0.407 e. The van der Waals surface area contributed by atoms with Crippen LogP contribution in [0, 0.1) is 0 Å². The van der Waals surface area contributed by atoms with Crippen molar-refractivity contribution in [3.8, 4) is 0 Å². The van der Waals surface area contributed by atoms with Gasteiger partial charge in [0.15, 0.2) is 0 Å². The van der Waals surface area contributed by atoms with E-state index in [9.17, 15) is 15.0 Å². The number of rotatable bonds is 6. The zero-order valence-corrected chi connectivity index (χ0v) is 11.9. The number of carbonyl (C=O) groups excluding carboxylic acids is 1. The molecular weight excluding hydrogens is 284 g/mol. The molecule has 0 aliphatic heterocycles. The Bertz CT molecular complexity index is 577. The van der Waals surface area contributed by atoms with Gasteiger partial charge in [-0.15, -0.1) is 0 Å². The zero-order valence-electron chi connectivity index (χ0n) is 11.9. The van der Waals surface area contributed by atoms with Gasteiger partial charge in [-0.2, -0.15) is 0 Å². The fourth-order valence-electron chi connectivity index (χ4n) is 1.90. The predicted octanol–water partition coefficient (Wildman–Crippen LogP) is 1.40. The molecule has 0 aliphatic carbocycles. The second kappa shape index (κ2) is 8.11. The van der Waals surface area contributed by atoms with Crippen LogP contribution in [-0.4, -0.2) is 33.9 Å². The van der Waals surface area contributed by atoms with Crippen LogP contribution in [0.4, 0.5) is 4.79 Å². The highest BCUT2D eigenvalue weighted by Gasteiger charge is 2.23. The summed E-state index contributed by atoms with van der Waals surface area (Å²) in [5, 5.41) is 21.9. The number of amides is 1. The fraction of sp³-hybridized carbons (Fsp3) is 0.250. The molecule has 6 nitrogen and oxygen atoms in total. The molecule has 2 unspecified atom stereocenters. The predicted molar refractivity (Wildman–Crippen MR) is 79.8 cm³/mol. The number of hydrogen-bond donors (Lipinski definition) is 3. The first-order valence-corrected chi connectivity index (χ1v) is 6.87. The van der Waals surface area contributed by atoms with E-state index < -0.39 is 24.8 Å². The van der Waals surface area contributed by atoms with E-state index in [2.05, 4.69) is 10.3 Å². The molecule has 3 N–H and O–H groups in total. The van der Waals surface area contributed by atoms with Crippen LogP contribution in [0.25, 0.3) is 0 Å². The molecule has 2 aromatic rings. The van der Waals surface area contributed by atoms with Gasteiger partial charge >= 0.3 is 6.09 Å². The third kappa shape index (κ3) is 4.54. The average Bonchev–Trinajstić information content (AvgIpc) is 2.59. The molecule has 116 valence electrons. The van der Waals surface area contributed by atoms with Crippen molar-refractivity contribution in [3.63, 3.8) is 0 Å². The van der Waals surface area contributed by atoms with E-state index in [0.717, 1.165) is 5.56 Å². The molecule has 0 fully saturated rings. The third-order valence-electron chi connectivity index (χ3n) is 3.08. The van der Waals surface area contributed by atoms with Crippen molar-refractivity contribution in [2.45, 2.75) is 18.8 Å². The maximum atomic E-state index is 11.7. The molecule has 0 bridgehead atoms. The Morgan fingerprint density at radius 2 is 1.91 bits per heavy atom. The number of aliphatic hydroxyl groups excluding tert-OH is 2. The number of pyridine rings is 1. The quantitative estimate of drug-likeness (QED) is 0.750. The van der Waals surface area contributed by atoms with E-state index in [1.54, 1.807) is 18.2 Å². The van der Waals surface area contributed by atoms with Crippen LogP contribution >= 0.6 is 0 Å². The number of carbonyl (C=O) groups is 1. The number of ether oxygens (including phenoxy) is 1. The van der Waals surface area contributed by atoms with Crippen molar-refractivity contribution in [2.75, 3.05) is 6.61 Å². The largest absolute Gasteiger partial charge is 0.445 e. The van der Waals surface area contributed by atoms with Gasteiger partial charge in [-0.1, -0.05) is 36.4 Å². The van der Waals surface area contributed by atoms with Crippen LogP contribution in [0.15, 0.2) is 54.7 Å². The lowest BCUT2D eigenvalue weighted by Crippen LogP contribution is -2.42. The molecule has 1 aromatic carbocycles. The summed E-state index contributed by atoms with van der Waals surface area (Å²) in [5.74, 6) is 0. The number of nitrogens with one attached hydrogen (secondary N) is 1. The standard InChI is InChI=1S/C16H18N2O4/c19-10-14(15(20)13-8-4-5-9-17-13)18-16(21)22-11-12-6-2-1-3-7-12/h1-9,14-15,19-20H,10-11H2,(H,18,21). The van der Waals surface area contributed by atoms with Crippen molar-refractivity contribution >= 4 is 6.09 Å². The lowest BCUT2D eigenvalue weighted by atomic mass is 10.1. The fourth-order valence-corrected chi connectivity index (χ4v) is 1.90. The summed E-state index contributed by atoms with van der Waals surface area (Å²) in [5.41, 5.74) is 1.22. The van der Waals surface area contributed by atoms with Gasteiger partial charge in [0.25, 0.3) is 0 Å². The number of aromatic nitrogens is 1. The molecule has 1 aromatic heterocycles. The molecule has 2 atom stereocenters. The van der Waals surface area contributed by atoms with Crippen LogP contribution in [0.5, 0.6) is 0 Å². The maximum absolute atomic E-state index is 11.7. The minimum atomic E-state index is -1.12. The van der Waals surface area contributed by atoms with Crippen molar-refractivity contribution in [1.29, 1.82) is 0 Å². The average molecular weight is 302 g/mol. The van der Waals surface area contributed by atoms with E-state index in [1.807, 2.05) is 30.3 Å².